The fraction of sp³-hybridized carbons (Fsp3) is 0. The van der Waals surface area contributed by atoms with Gasteiger partial charge in [0.1, 0.15) is 0 Å². The Morgan fingerprint density at radius 3 is 2.06 bits per heavy atom. The number of hydrogen-bond acceptors (Lipinski definition) is 3. The summed E-state index contributed by atoms with van der Waals surface area (Å²) in [6.07, 6.45) is 0. The van der Waals surface area contributed by atoms with Gasteiger partial charge in [-0.25, -0.2) is 4.79 Å². The van der Waals surface area contributed by atoms with E-state index in [0.29, 0.717) is 11.0 Å². The average Bonchev–Trinajstić information content (AvgIpc) is 2.40. The lowest BCUT2D eigenvalue weighted by molar-refractivity contribution is 0.0709. The van der Waals surface area contributed by atoms with E-state index in [4.69, 9.17) is 4.65 Å². The van der Waals surface area contributed by atoms with Gasteiger partial charge in [0.2, 0.25) is 0 Å². The van der Waals surface area contributed by atoms with Crippen molar-refractivity contribution in [1.82, 2.24) is 0 Å². The molecule has 0 aliphatic carbocycles. The Kier molecular flexibility index (Phi) is 3.57. The second-order valence-corrected chi connectivity index (χ2v) is 3.53. The van der Waals surface area contributed by atoms with Crippen molar-refractivity contribution in [2.24, 2.45) is 0 Å². The molecule has 2 aromatic rings. The maximum Gasteiger partial charge on any atom is 0.562 e. The van der Waals surface area contributed by atoms with Crippen LogP contribution in [0.3, 0.4) is 0 Å². The molecule has 0 saturated carbocycles. The Morgan fingerprint density at radius 2 is 1.47 bits per heavy atom. The van der Waals surface area contributed by atoms with Crippen LogP contribution in [0.1, 0.15) is 10.4 Å². The van der Waals surface area contributed by atoms with Crippen LogP contribution in [-0.4, -0.2) is 18.1 Å². The first kappa shape index (κ1) is 11.4. The van der Waals surface area contributed by atoms with E-state index < -0.39 is 13.1 Å². The molecule has 0 bridgehead atoms. The summed E-state index contributed by atoms with van der Waals surface area (Å²) in [4.78, 5) is 11.6. The van der Waals surface area contributed by atoms with E-state index >= 15 is 0 Å². The summed E-state index contributed by atoms with van der Waals surface area (Å²) in [5.74, 6) is -0.540. The molecule has 0 aliphatic heterocycles. The first-order valence-electron chi connectivity index (χ1n) is 5.26. The van der Waals surface area contributed by atoms with Gasteiger partial charge in [0.05, 0.1) is 5.56 Å². The summed E-state index contributed by atoms with van der Waals surface area (Å²) in [5.41, 5.74) is 0.972. The van der Waals surface area contributed by atoms with E-state index in [2.05, 4.69) is 0 Å². The largest absolute Gasteiger partial charge is 0.562 e. The molecule has 0 unspecified atom stereocenters. The van der Waals surface area contributed by atoms with Crippen molar-refractivity contribution in [3.05, 3.63) is 66.2 Å². The zero-order valence-corrected chi connectivity index (χ0v) is 9.11. The molecule has 4 heteroatoms. The van der Waals surface area contributed by atoms with E-state index in [1.807, 2.05) is 12.1 Å². The molecule has 0 fully saturated rings. The van der Waals surface area contributed by atoms with Crippen molar-refractivity contribution in [3.63, 3.8) is 0 Å². The van der Waals surface area contributed by atoms with Crippen LogP contribution in [-0.2, 0) is 4.65 Å². The normalized spacial score (nSPS) is 9.71. The van der Waals surface area contributed by atoms with Crippen LogP contribution in [0, 0.1) is 0 Å². The number of carbonyl (C=O) groups is 1. The molecule has 2 aromatic carbocycles. The third kappa shape index (κ3) is 2.95. The maximum atomic E-state index is 11.6. The van der Waals surface area contributed by atoms with Gasteiger partial charge in [0, 0.05) is 0 Å². The van der Waals surface area contributed by atoms with Gasteiger partial charge in [-0.1, -0.05) is 48.5 Å². The fourth-order valence-corrected chi connectivity index (χ4v) is 1.43. The van der Waals surface area contributed by atoms with Crippen molar-refractivity contribution in [2.45, 2.75) is 0 Å². The number of rotatable bonds is 3. The molecule has 1 N–H and O–H groups in total. The highest BCUT2D eigenvalue weighted by molar-refractivity contribution is 6.61. The Balaban J connectivity index is 2.05. The minimum Gasteiger partial charge on any atom is -0.502 e. The van der Waals surface area contributed by atoms with Gasteiger partial charge in [-0.15, -0.1) is 0 Å². The van der Waals surface area contributed by atoms with Gasteiger partial charge in [-0.2, -0.15) is 0 Å². The predicted molar refractivity (Wildman–Crippen MR) is 65.9 cm³/mol. The van der Waals surface area contributed by atoms with Crippen molar-refractivity contribution in [2.75, 3.05) is 0 Å². The first-order chi connectivity index (χ1) is 8.27. The molecular weight excluding hydrogens is 215 g/mol. The molecule has 2 rings (SSSR count). The molecule has 0 atom stereocenters. The summed E-state index contributed by atoms with van der Waals surface area (Å²) < 4.78 is 4.94. The summed E-state index contributed by atoms with van der Waals surface area (Å²) in [6.45, 7) is 0. The van der Waals surface area contributed by atoms with Gasteiger partial charge in [0.25, 0.3) is 0 Å². The predicted octanol–water partition coefficient (Wildman–Crippen LogP) is 1.23. The zero-order valence-electron chi connectivity index (χ0n) is 9.11. The minimum absolute atomic E-state index is 0.419. The zero-order chi connectivity index (χ0) is 12.1. The van der Waals surface area contributed by atoms with Crippen LogP contribution in [0.15, 0.2) is 60.7 Å². The molecule has 0 aliphatic rings. The van der Waals surface area contributed by atoms with Crippen LogP contribution >= 0.6 is 0 Å². The molecule has 0 aromatic heterocycles. The number of hydrogen-bond donors (Lipinski definition) is 1. The lowest BCUT2D eigenvalue weighted by Crippen LogP contribution is -2.35. The Hall–Kier alpha value is -2.07. The van der Waals surface area contributed by atoms with Crippen LogP contribution < -0.4 is 5.46 Å². The molecule has 0 amide bonds. The van der Waals surface area contributed by atoms with Crippen LogP contribution in [0.5, 0.6) is 0 Å². The molecule has 84 valence electrons. The quantitative estimate of drug-likeness (QED) is 0.800. The maximum absolute atomic E-state index is 11.6. The van der Waals surface area contributed by atoms with E-state index in [9.17, 15) is 9.82 Å². The van der Waals surface area contributed by atoms with Crippen LogP contribution in [0.25, 0.3) is 0 Å². The number of carbonyl (C=O) groups excluding carboxylic acids is 1. The van der Waals surface area contributed by atoms with E-state index in [-0.39, 0.29) is 0 Å². The van der Waals surface area contributed by atoms with E-state index in [1.165, 1.54) is 0 Å². The van der Waals surface area contributed by atoms with Gasteiger partial charge in [0.15, 0.2) is 0 Å². The van der Waals surface area contributed by atoms with Crippen molar-refractivity contribution in [1.29, 1.82) is 0 Å². The van der Waals surface area contributed by atoms with Crippen molar-refractivity contribution in [3.8, 4) is 0 Å². The van der Waals surface area contributed by atoms with Gasteiger partial charge < -0.3 is 9.68 Å². The SMILES string of the molecule is O=C(OB(O)c1ccccc1)c1ccccc1. The number of benzene rings is 2. The standard InChI is InChI=1S/C13H11BO3/c15-13(11-7-3-1-4-8-11)17-14(16)12-9-5-2-6-10-12/h1-10,16H. The van der Waals surface area contributed by atoms with Crippen LogP contribution in [0.4, 0.5) is 0 Å². The van der Waals surface area contributed by atoms with Gasteiger partial charge in [-0.3, -0.25) is 0 Å². The summed E-state index contributed by atoms with van der Waals surface area (Å²) in [5, 5.41) is 9.71. The molecule has 0 spiro atoms. The lowest BCUT2D eigenvalue weighted by Gasteiger charge is -2.08. The Morgan fingerprint density at radius 1 is 0.941 bits per heavy atom. The molecule has 0 saturated heterocycles. The Bertz CT molecular complexity index is 485. The smallest absolute Gasteiger partial charge is 0.502 e. The monoisotopic (exact) mass is 226 g/mol. The second kappa shape index (κ2) is 5.32. The summed E-state index contributed by atoms with van der Waals surface area (Å²) in [6, 6.07) is 17.3. The molecular formula is C13H11BO3. The third-order valence-electron chi connectivity index (χ3n) is 2.31. The molecule has 3 nitrogen and oxygen atoms in total. The van der Waals surface area contributed by atoms with Gasteiger partial charge in [-0.05, 0) is 17.6 Å². The third-order valence-corrected chi connectivity index (χ3v) is 2.31. The van der Waals surface area contributed by atoms with Crippen molar-refractivity contribution >= 4 is 18.6 Å². The van der Waals surface area contributed by atoms with E-state index in [0.717, 1.165) is 0 Å². The van der Waals surface area contributed by atoms with Crippen molar-refractivity contribution < 1.29 is 14.5 Å². The highest BCUT2D eigenvalue weighted by Crippen LogP contribution is 2.01. The fourth-order valence-electron chi connectivity index (χ4n) is 1.43. The molecule has 17 heavy (non-hydrogen) atoms. The highest BCUT2D eigenvalue weighted by Gasteiger charge is 2.21. The van der Waals surface area contributed by atoms with E-state index in [1.54, 1.807) is 48.5 Å². The topological polar surface area (TPSA) is 46.5 Å². The highest BCUT2D eigenvalue weighted by atomic mass is 16.6. The first-order valence-corrected chi connectivity index (χ1v) is 5.26. The average molecular weight is 226 g/mol. The Labute approximate surface area is 99.8 Å². The van der Waals surface area contributed by atoms with Gasteiger partial charge >= 0.3 is 13.1 Å². The second-order valence-electron chi connectivity index (χ2n) is 3.53. The minimum atomic E-state index is -1.23. The molecule has 0 heterocycles. The molecule has 0 radical (unpaired) electrons. The van der Waals surface area contributed by atoms with Crippen LogP contribution in [0.2, 0.25) is 0 Å². The summed E-state index contributed by atoms with van der Waals surface area (Å²) >= 11 is 0. The lowest BCUT2D eigenvalue weighted by atomic mass is 9.79. The summed E-state index contributed by atoms with van der Waals surface area (Å²) in [7, 11) is -1.23.